The van der Waals surface area contributed by atoms with E-state index >= 15 is 0 Å². The number of carbonyl (C=O) groups excluding carboxylic acids is 1. The Hall–Kier alpha value is -1.32. The van der Waals surface area contributed by atoms with E-state index in [0.29, 0.717) is 0 Å². The summed E-state index contributed by atoms with van der Waals surface area (Å²) in [5.74, 6) is -1.41. The van der Waals surface area contributed by atoms with Crippen molar-refractivity contribution in [3.8, 4) is 0 Å². The van der Waals surface area contributed by atoms with E-state index in [9.17, 15) is 9.59 Å². The normalized spacial score (nSPS) is 11.6. The summed E-state index contributed by atoms with van der Waals surface area (Å²) in [6.45, 7) is 4.95. The summed E-state index contributed by atoms with van der Waals surface area (Å²) >= 11 is 0. The molecule has 0 saturated heterocycles. The second-order valence-corrected chi connectivity index (χ2v) is 2.79. The smallest absolute Gasteiger partial charge is 0.325 e. The SMILES string of the molecule is CC(C)=CC(=O)NC(C)C(=O)O. The largest absolute Gasteiger partial charge is 0.480 e. The van der Waals surface area contributed by atoms with E-state index in [-0.39, 0.29) is 5.91 Å². The minimum Gasteiger partial charge on any atom is -0.480 e. The highest BCUT2D eigenvalue weighted by atomic mass is 16.4. The zero-order valence-corrected chi connectivity index (χ0v) is 7.42. The van der Waals surface area contributed by atoms with Crippen molar-refractivity contribution < 1.29 is 14.7 Å². The Morgan fingerprint density at radius 3 is 2.25 bits per heavy atom. The zero-order chi connectivity index (χ0) is 9.72. The van der Waals surface area contributed by atoms with Crippen molar-refractivity contribution in [1.29, 1.82) is 0 Å². The van der Waals surface area contributed by atoms with Crippen LogP contribution in [0, 0.1) is 0 Å². The van der Waals surface area contributed by atoms with Gasteiger partial charge in [-0.15, -0.1) is 0 Å². The van der Waals surface area contributed by atoms with E-state index in [2.05, 4.69) is 5.32 Å². The van der Waals surface area contributed by atoms with E-state index in [1.807, 2.05) is 0 Å². The molecule has 0 aliphatic rings. The summed E-state index contributed by atoms with van der Waals surface area (Å²) in [4.78, 5) is 21.2. The van der Waals surface area contributed by atoms with Crippen molar-refractivity contribution in [2.45, 2.75) is 26.8 Å². The summed E-state index contributed by atoms with van der Waals surface area (Å²) in [5.41, 5.74) is 0.838. The van der Waals surface area contributed by atoms with Gasteiger partial charge in [0, 0.05) is 6.08 Å². The Labute approximate surface area is 71.3 Å². The predicted molar refractivity (Wildman–Crippen MR) is 44.7 cm³/mol. The highest BCUT2D eigenvalue weighted by Gasteiger charge is 2.11. The molecule has 4 nitrogen and oxygen atoms in total. The molecule has 1 amide bonds. The third-order valence-corrected chi connectivity index (χ3v) is 1.15. The van der Waals surface area contributed by atoms with Crippen LogP contribution in [0.2, 0.25) is 0 Å². The summed E-state index contributed by atoms with van der Waals surface area (Å²) in [6.07, 6.45) is 1.36. The molecule has 0 saturated carbocycles. The number of aliphatic carboxylic acids is 1. The standard InChI is InChI=1S/C8H13NO3/c1-5(2)4-7(10)9-6(3)8(11)12/h4,6H,1-3H3,(H,9,10)(H,11,12). The Balaban J connectivity index is 4.02. The van der Waals surface area contributed by atoms with Gasteiger partial charge in [0.25, 0.3) is 0 Å². The summed E-state index contributed by atoms with van der Waals surface area (Å²) in [6, 6.07) is -0.840. The van der Waals surface area contributed by atoms with Crippen molar-refractivity contribution >= 4 is 11.9 Å². The van der Waals surface area contributed by atoms with Crippen molar-refractivity contribution in [3.05, 3.63) is 11.6 Å². The molecular weight excluding hydrogens is 158 g/mol. The van der Waals surface area contributed by atoms with Gasteiger partial charge in [-0.05, 0) is 20.8 Å². The van der Waals surface area contributed by atoms with Crippen molar-refractivity contribution in [2.75, 3.05) is 0 Å². The fourth-order valence-corrected chi connectivity index (χ4v) is 0.579. The zero-order valence-electron chi connectivity index (χ0n) is 7.42. The molecule has 0 aromatic heterocycles. The molecule has 0 heterocycles. The number of hydrogen-bond donors (Lipinski definition) is 2. The van der Waals surface area contributed by atoms with Crippen molar-refractivity contribution in [3.63, 3.8) is 0 Å². The molecule has 0 radical (unpaired) electrons. The maximum atomic E-state index is 10.9. The molecule has 0 fully saturated rings. The van der Waals surface area contributed by atoms with Crippen LogP contribution in [0.25, 0.3) is 0 Å². The lowest BCUT2D eigenvalue weighted by Gasteiger charge is -2.06. The predicted octanol–water partition coefficient (Wildman–Crippen LogP) is 0.542. The number of hydrogen-bond acceptors (Lipinski definition) is 2. The Morgan fingerprint density at radius 1 is 1.42 bits per heavy atom. The van der Waals surface area contributed by atoms with Crippen LogP contribution in [-0.4, -0.2) is 23.0 Å². The van der Waals surface area contributed by atoms with Crippen LogP contribution in [0.1, 0.15) is 20.8 Å². The van der Waals surface area contributed by atoms with Crippen LogP contribution in [0.4, 0.5) is 0 Å². The maximum Gasteiger partial charge on any atom is 0.325 e. The lowest BCUT2D eigenvalue weighted by atomic mass is 10.3. The number of rotatable bonds is 3. The van der Waals surface area contributed by atoms with Crippen LogP contribution < -0.4 is 5.32 Å². The Kier molecular flexibility index (Phi) is 4.04. The molecule has 0 aromatic rings. The number of allylic oxidation sites excluding steroid dienone is 1. The van der Waals surface area contributed by atoms with Gasteiger partial charge in [0.1, 0.15) is 6.04 Å². The van der Waals surface area contributed by atoms with Gasteiger partial charge < -0.3 is 10.4 Å². The Bertz CT molecular complexity index is 216. The molecule has 0 rings (SSSR count). The number of carboxylic acid groups (broad SMARTS) is 1. The molecule has 4 heteroatoms. The molecular formula is C8H13NO3. The molecule has 68 valence electrons. The average molecular weight is 171 g/mol. The highest BCUT2D eigenvalue weighted by Crippen LogP contribution is 1.89. The second kappa shape index (κ2) is 4.54. The van der Waals surface area contributed by atoms with Gasteiger partial charge in [0.05, 0.1) is 0 Å². The summed E-state index contributed by atoms with van der Waals surface area (Å²) in [5, 5.41) is 10.7. The van der Waals surface area contributed by atoms with Crippen molar-refractivity contribution in [1.82, 2.24) is 5.32 Å². The fourth-order valence-electron chi connectivity index (χ4n) is 0.579. The van der Waals surface area contributed by atoms with E-state index < -0.39 is 12.0 Å². The van der Waals surface area contributed by atoms with Gasteiger partial charge in [-0.2, -0.15) is 0 Å². The third kappa shape index (κ3) is 4.49. The van der Waals surface area contributed by atoms with Gasteiger partial charge in [-0.1, -0.05) is 5.57 Å². The fraction of sp³-hybridized carbons (Fsp3) is 0.500. The minimum atomic E-state index is -1.04. The molecule has 1 unspecified atom stereocenters. The van der Waals surface area contributed by atoms with Crippen LogP contribution in [0.15, 0.2) is 11.6 Å². The molecule has 0 aliphatic heterocycles. The first-order valence-corrected chi connectivity index (χ1v) is 3.61. The average Bonchev–Trinajstić information content (AvgIpc) is 1.84. The topological polar surface area (TPSA) is 66.4 Å². The van der Waals surface area contributed by atoms with Gasteiger partial charge in [-0.3, -0.25) is 9.59 Å². The molecule has 2 N–H and O–H groups in total. The van der Waals surface area contributed by atoms with E-state index in [4.69, 9.17) is 5.11 Å². The molecule has 0 aliphatic carbocycles. The molecule has 1 atom stereocenters. The van der Waals surface area contributed by atoms with Gasteiger partial charge in [0.15, 0.2) is 0 Å². The van der Waals surface area contributed by atoms with Gasteiger partial charge in [0.2, 0.25) is 5.91 Å². The van der Waals surface area contributed by atoms with Crippen LogP contribution >= 0.6 is 0 Å². The lowest BCUT2D eigenvalue weighted by molar-refractivity contribution is -0.140. The number of carboxylic acids is 1. The number of amides is 1. The lowest BCUT2D eigenvalue weighted by Crippen LogP contribution is -2.37. The Morgan fingerprint density at radius 2 is 1.92 bits per heavy atom. The maximum absolute atomic E-state index is 10.9. The summed E-state index contributed by atoms with van der Waals surface area (Å²) in [7, 11) is 0. The van der Waals surface area contributed by atoms with E-state index in [0.717, 1.165) is 5.57 Å². The first-order valence-electron chi connectivity index (χ1n) is 3.61. The monoisotopic (exact) mass is 171 g/mol. The first-order chi connectivity index (χ1) is 5.43. The molecule has 0 aromatic carbocycles. The molecule has 12 heavy (non-hydrogen) atoms. The van der Waals surface area contributed by atoms with Crippen LogP contribution in [0.5, 0.6) is 0 Å². The van der Waals surface area contributed by atoms with E-state index in [1.165, 1.54) is 13.0 Å². The van der Waals surface area contributed by atoms with Crippen LogP contribution in [0.3, 0.4) is 0 Å². The third-order valence-electron chi connectivity index (χ3n) is 1.15. The molecule has 0 spiro atoms. The first kappa shape index (κ1) is 10.7. The van der Waals surface area contributed by atoms with Gasteiger partial charge >= 0.3 is 5.97 Å². The van der Waals surface area contributed by atoms with Gasteiger partial charge in [-0.25, -0.2) is 0 Å². The molecule has 0 bridgehead atoms. The quantitative estimate of drug-likeness (QED) is 0.609. The second-order valence-electron chi connectivity index (χ2n) is 2.79. The minimum absolute atomic E-state index is 0.370. The van der Waals surface area contributed by atoms with Crippen molar-refractivity contribution in [2.24, 2.45) is 0 Å². The van der Waals surface area contributed by atoms with E-state index in [1.54, 1.807) is 13.8 Å². The summed E-state index contributed by atoms with van der Waals surface area (Å²) < 4.78 is 0. The number of carbonyl (C=O) groups is 2. The number of nitrogens with one attached hydrogen (secondary N) is 1. The van der Waals surface area contributed by atoms with Crippen LogP contribution in [-0.2, 0) is 9.59 Å². The highest BCUT2D eigenvalue weighted by molar-refractivity contribution is 5.91.